The Morgan fingerprint density at radius 2 is 2.17 bits per heavy atom. The highest BCUT2D eigenvalue weighted by Crippen LogP contribution is 2.28. The average molecular weight is 336 g/mol. The van der Waals surface area contributed by atoms with E-state index in [2.05, 4.69) is 5.32 Å². The first kappa shape index (κ1) is 17.2. The highest BCUT2D eigenvalue weighted by molar-refractivity contribution is 5.79. The van der Waals surface area contributed by atoms with Crippen molar-refractivity contribution in [1.29, 1.82) is 0 Å². The molecule has 0 spiro atoms. The van der Waals surface area contributed by atoms with Gasteiger partial charge in [0, 0.05) is 18.5 Å². The van der Waals surface area contributed by atoms with Gasteiger partial charge in [0.25, 0.3) is 0 Å². The Bertz CT molecular complexity index is 587. The van der Waals surface area contributed by atoms with E-state index in [4.69, 9.17) is 4.74 Å². The third-order valence-corrected chi connectivity index (χ3v) is 5.04. The standard InChI is InChI=1S/C18H25FN2O3/c1-18(23)7-10-21(17(22)13-5-8-20-9-6-13)12-16(18)24-15-4-2-3-14(19)11-15/h2-4,11,13,16,20,23H,5-10,12H2,1H3/t16-,18-/m1/s1. The number of carbonyl (C=O) groups is 1. The molecule has 0 saturated carbocycles. The SMILES string of the molecule is C[C@@]1(O)CCN(C(=O)C2CCNCC2)C[C@H]1Oc1cccc(F)c1. The number of hydrogen-bond donors (Lipinski definition) is 2. The van der Waals surface area contributed by atoms with Crippen molar-refractivity contribution in [3.63, 3.8) is 0 Å². The summed E-state index contributed by atoms with van der Waals surface area (Å²) in [6, 6.07) is 5.87. The van der Waals surface area contributed by atoms with E-state index in [0.717, 1.165) is 25.9 Å². The summed E-state index contributed by atoms with van der Waals surface area (Å²) in [6.07, 6.45) is 1.57. The van der Waals surface area contributed by atoms with Gasteiger partial charge in [-0.2, -0.15) is 0 Å². The van der Waals surface area contributed by atoms with Crippen molar-refractivity contribution >= 4 is 5.91 Å². The molecule has 0 aliphatic carbocycles. The van der Waals surface area contributed by atoms with Gasteiger partial charge in [-0.15, -0.1) is 0 Å². The van der Waals surface area contributed by atoms with E-state index in [1.54, 1.807) is 24.0 Å². The lowest BCUT2D eigenvalue weighted by Crippen LogP contribution is -2.58. The number of amides is 1. The van der Waals surface area contributed by atoms with Crippen molar-refractivity contribution in [2.24, 2.45) is 5.92 Å². The Labute approximate surface area is 141 Å². The smallest absolute Gasteiger partial charge is 0.225 e. The number of hydrogen-bond acceptors (Lipinski definition) is 4. The fraction of sp³-hybridized carbons (Fsp3) is 0.611. The number of carbonyl (C=O) groups excluding carboxylic acids is 1. The second-order valence-corrected chi connectivity index (χ2v) is 6.98. The highest BCUT2D eigenvalue weighted by atomic mass is 19.1. The molecule has 1 amide bonds. The van der Waals surface area contributed by atoms with Gasteiger partial charge in [-0.05, 0) is 51.4 Å². The molecular formula is C18H25FN2O3. The molecule has 0 bridgehead atoms. The van der Waals surface area contributed by atoms with Gasteiger partial charge in [0.2, 0.25) is 5.91 Å². The minimum Gasteiger partial charge on any atom is -0.485 e. The van der Waals surface area contributed by atoms with Crippen LogP contribution in [0.5, 0.6) is 5.75 Å². The van der Waals surface area contributed by atoms with Crippen molar-refractivity contribution < 1.29 is 19.0 Å². The van der Waals surface area contributed by atoms with E-state index < -0.39 is 11.7 Å². The van der Waals surface area contributed by atoms with Crippen LogP contribution in [0.4, 0.5) is 4.39 Å². The first-order chi connectivity index (χ1) is 11.5. The largest absolute Gasteiger partial charge is 0.485 e. The van der Waals surface area contributed by atoms with Crippen LogP contribution in [-0.2, 0) is 4.79 Å². The van der Waals surface area contributed by atoms with Gasteiger partial charge < -0.3 is 20.1 Å². The van der Waals surface area contributed by atoms with Crippen LogP contribution in [-0.4, -0.2) is 53.8 Å². The molecule has 2 aliphatic heterocycles. The molecular weight excluding hydrogens is 311 g/mol. The molecule has 2 fully saturated rings. The van der Waals surface area contributed by atoms with Crippen LogP contribution in [0, 0.1) is 11.7 Å². The molecule has 1 aromatic rings. The Morgan fingerprint density at radius 1 is 1.42 bits per heavy atom. The summed E-state index contributed by atoms with van der Waals surface area (Å²) >= 11 is 0. The molecule has 2 N–H and O–H groups in total. The lowest BCUT2D eigenvalue weighted by Gasteiger charge is -2.43. The maximum atomic E-state index is 13.3. The number of aliphatic hydroxyl groups is 1. The molecule has 5 nitrogen and oxygen atoms in total. The predicted molar refractivity (Wildman–Crippen MR) is 88.2 cm³/mol. The fourth-order valence-electron chi connectivity index (χ4n) is 3.41. The van der Waals surface area contributed by atoms with E-state index in [1.807, 2.05) is 0 Å². The summed E-state index contributed by atoms with van der Waals surface area (Å²) in [6.45, 7) is 4.30. The van der Waals surface area contributed by atoms with E-state index in [0.29, 0.717) is 25.3 Å². The number of benzene rings is 1. The van der Waals surface area contributed by atoms with Crippen molar-refractivity contribution in [3.05, 3.63) is 30.1 Å². The highest BCUT2D eigenvalue weighted by Gasteiger charge is 2.42. The molecule has 0 aromatic heterocycles. The summed E-state index contributed by atoms with van der Waals surface area (Å²) in [4.78, 5) is 14.5. The molecule has 1 aromatic carbocycles. The summed E-state index contributed by atoms with van der Waals surface area (Å²) in [7, 11) is 0. The molecule has 2 atom stereocenters. The van der Waals surface area contributed by atoms with Crippen LogP contribution in [0.25, 0.3) is 0 Å². The predicted octanol–water partition coefficient (Wildman–Crippen LogP) is 1.56. The van der Waals surface area contributed by atoms with Gasteiger partial charge in [0.05, 0.1) is 6.54 Å². The lowest BCUT2D eigenvalue weighted by molar-refractivity contribution is -0.148. The van der Waals surface area contributed by atoms with E-state index in [9.17, 15) is 14.3 Å². The third kappa shape index (κ3) is 3.87. The third-order valence-electron chi connectivity index (χ3n) is 5.04. The number of piperidine rings is 2. The first-order valence-electron chi connectivity index (χ1n) is 8.60. The maximum Gasteiger partial charge on any atom is 0.225 e. The Morgan fingerprint density at radius 3 is 2.88 bits per heavy atom. The molecule has 132 valence electrons. The van der Waals surface area contributed by atoms with Crippen LogP contribution >= 0.6 is 0 Å². The van der Waals surface area contributed by atoms with Crippen molar-refractivity contribution in [3.8, 4) is 5.75 Å². The lowest BCUT2D eigenvalue weighted by atomic mass is 9.88. The molecule has 6 heteroatoms. The quantitative estimate of drug-likeness (QED) is 0.879. The Kier molecular flexibility index (Phi) is 5.06. The molecule has 24 heavy (non-hydrogen) atoms. The van der Waals surface area contributed by atoms with Gasteiger partial charge in [-0.25, -0.2) is 4.39 Å². The molecule has 0 unspecified atom stereocenters. The molecule has 2 aliphatic rings. The zero-order chi connectivity index (χ0) is 17.2. The van der Waals surface area contributed by atoms with Crippen LogP contribution in [0.2, 0.25) is 0 Å². The van der Waals surface area contributed by atoms with Gasteiger partial charge >= 0.3 is 0 Å². The topological polar surface area (TPSA) is 61.8 Å². The number of ether oxygens (including phenoxy) is 1. The van der Waals surface area contributed by atoms with Crippen LogP contribution in [0.3, 0.4) is 0 Å². The number of likely N-dealkylation sites (tertiary alicyclic amines) is 1. The molecule has 0 radical (unpaired) electrons. The number of rotatable bonds is 3. The Hall–Kier alpha value is -1.66. The van der Waals surface area contributed by atoms with Crippen molar-refractivity contribution in [2.45, 2.75) is 37.9 Å². The van der Waals surface area contributed by atoms with Crippen LogP contribution in [0.1, 0.15) is 26.2 Å². The summed E-state index contributed by atoms with van der Waals surface area (Å²) in [5, 5.41) is 13.9. The molecule has 2 heterocycles. The van der Waals surface area contributed by atoms with E-state index >= 15 is 0 Å². The van der Waals surface area contributed by atoms with Crippen molar-refractivity contribution in [2.75, 3.05) is 26.2 Å². The monoisotopic (exact) mass is 336 g/mol. The second kappa shape index (κ2) is 7.07. The van der Waals surface area contributed by atoms with E-state index in [-0.39, 0.29) is 17.6 Å². The Balaban J connectivity index is 1.68. The van der Waals surface area contributed by atoms with Gasteiger partial charge in [0.1, 0.15) is 23.3 Å². The maximum absolute atomic E-state index is 13.3. The summed E-state index contributed by atoms with van der Waals surface area (Å²) in [5.74, 6) is 0.172. The van der Waals surface area contributed by atoms with Crippen LogP contribution < -0.4 is 10.1 Å². The minimum atomic E-state index is -1.04. The zero-order valence-corrected chi connectivity index (χ0v) is 14.0. The zero-order valence-electron chi connectivity index (χ0n) is 14.0. The minimum absolute atomic E-state index is 0.0455. The fourth-order valence-corrected chi connectivity index (χ4v) is 3.41. The summed E-state index contributed by atoms with van der Waals surface area (Å²) in [5.41, 5.74) is -1.04. The van der Waals surface area contributed by atoms with Gasteiger partial charge in [0.15, 0.2) is 0 Å². The van der Waals surface area contributed by atoms with Gasteiger partial charge in [-0.1, -0.05) is 6.07 Å². The summed E-state index contributed by atoms with van der Waals surface area (Å²) < 4.78 is 19.2. The van der Waals surface area contributed by atoms with Crippen LogP contribution in [0.15, 0.2) is 24.3 Å². The normalized spacial score (nSPS) is 28.6. The van der Waals surface area contributed by atoms with Gasteiger partial charge in [-0.3, -0.25) is 4.79 Å². The average Bonchev–Trinajstić information content (AvgIpc) is 2.57. The van der Waals surface area contributed by atoms with Crippen molar-refractivity contribution in [1.82, 2.24) is 10.2 Å². The number of nitrogens with zero attached hydrogens (tertiary/aromatic N) is 1. The van der Waals surface area contributed by atoms with E-state index in [1.165, 1.54) is 12.1 Å². The second-order valence-electron chi connectivity index (χ2n) is 6.98. The molecule has 3 rings (SSSR count). The number of nitrogens with one attached hydrogen (secondary N) is 1. The number of halogens is 1. The molecule has 2 saturated heterocycles. The first-order valence-corrected chi connectivity index (χ1v) is 8.60.